The van der Waals surface area contributed by atoms with E-state index in [1.54, 1.807) is 54.6 Å². The van der Waals surface area contributed by atoms with Crippen molar-refractivity contribution in [2.75, 3.05) is 18.1 Å². The summed E-state index contributed by atoms with van der Waals surface area (Å²) in [4.78, 5) is 37.4. The van der Waals surface area contributed by atoms with Gasteiger partial charge in [-0.2, -0.15) is 5.26 Å². The Balaban J connectivity index is 2.10. The minimum atomic E-state index is -0.850. The van der Waals surface area contributed by atoms with Crippen LogP contribution in [0.1, 0.15) is 12.5 Å². The standard InChI is InChI=1S/C21H19N3O4/c1-16(25)23-19(14-17-8-4-2-5-9-17)21(27)28-15-20(26)24(13-12-22)18-10-6-3-7-11-18/h2-11,14H,13,15H2,1H3,(H,23,25)/b19-14-. The highest BCUT2D eigenvalue weighted by molar-refractivity contribution is 6.00. The molecule has 0 aliphatic carbocycles. The normalized spacial score (nSPS) is 10.5. The second-order valence-corrected chi connectivity index (χ2v) is 5.70. The van der Waals surface area contributed by atoms with Gasteiger partial charge in [0.15, 0.2) is 6.61 Å². The summed E-state index contributed by atoms with van der Waals surface area (Å²) in [5.41, 5.74) is 1.12. The fourth-order valence-electron chi connectivity index (χ4n) is 2.34. The van der Waals surface area contributed by atoms with Crippen LogP contribution in [0.25, 0.3) is 6.08 Å². The quantitative estimate of drug-likeness (QED) is 0.453. The van der Waals surface area contributed by atoms with Gasteiger partial charge < -0.3 is 10.1 Å². The van der Waals surface area contributed by atoms with E-state index in [2.05, 4.69) is 5.32 Å². The number of hydrogen-bond donors (Lipinski definition) is 1. The fraction of sp³-hybridized carbons (Fsp3) is 0.143. The zero-order valence-corrected chi connectivity index (χ0v) is 15.3. The molecule has 0 heterocycles. The largest absolute Gasteiger partial charge is 0.451 e. The molecule has 28 heavy (non-hydrogen) atoms. The van der Waals surface area contributed by atoms with Crippen LogP contribution in [-0.4, -0.2) is 30.9 Å². The van der Waals surface area contributed by atoms with Gasteiger partial charge in [-0.25, -0.2) is 4.79 Å². The number of amides is 2. The van der Waals surface area contributed by atoms with Crippen molar-refractivity contribution < 1.29 is 19.1 Å². The van der Waals surface area contributed by atoms with Gasteiger partial charge in [-0.05, 0) is 23.8 Å². The summed E-state index contributed by atoms with van der Waals surface area (Å²) in [6, 6.07) is 19.4. The predicted molar refractivity (Wildman–Crippen MR) is 104 cm³/mol. The Labute approximate surface area is 162 Å². The lowest BCUT2D eigenvalue weighted by Crippen LogP contribution is -2.36. The van der Waals surface area contributed by atoms with Gasteiger partial charge in [0.25, 0.3) is 5.91 Å². The highest BCUT2D eigenvalue weighted by atomic mass is 16.5. The topological polar surface area (TPSA) is 99.5 Å². The van der Waals surface area contributed by atoms with Crippen molar-refractivity contribution in [3.63, 3.8) is 0 Å². The summed E-state index contributed by atoms with van der Waals surface area (Å²) in [6.45, 7) is 0.515. The molecule has 2 rings (SSSR count). The van der Waals surface area contributed by atoms with E-state index in [4.69, 9.17) is 10.00 Å². The first kappa shape index (κ1) is 20.4. The maximum Gasteiger partial charge on any atom is 0.355 e. The molecule has 0 aliphatic heterocycles. The summed E-state index contributed by atoms with van der Waals surface area (Å²) in [5.74, 6) is -1.85. The van der Waals surface area contributed by atoms with Crippen LogP contribution in [0.15, 0.2) is 66.4 Å². The fourth-order valence-corrected chi connectivity index (χ4v) is 2.34. The number of nitrogens with zero attached hydrogens (tertiary/aromatic N) is 2. The van der Waals surface area contributed by atoms with E-state index in [1.165, 1.54) is 17.9 Å². The Morgan fingerprint density at radius 1 is 1.07 bits per heavy atom. The van der Waals surface area contributed by atoms with Gasteiger partial charge in [0, 0.05) is 12.6 Å². The Kier molecular flexibility index (Phi) is 7.49. The molecule has 0 radical (unpaired) electrons. The summed E-state index contributed by atoms with van der Waals surface area (Å²) in [6.07, 6.45) is 1.46. The van der Waals surface area contributed by atoms with E-state index in [0.717, 1.165) is 0 Å². The zero-order valence-electron chi connectivity index (χ0n) is 15.3. The number of ether oxygens (including phenoxy) is 1. The molecule has 0 saturated carbocycles. The van der Waals surface area contributed by atoms with Crippen LogP contribution < -0.4 is 10.2 Å². The smallest absolute Gasteiger partial charge is 0.355 e. The first-order valence-corrected chi connectivity index (χ1v) is 8.45. The van der Waals surface area contributed by atoms with Gasteiger partial charge in [0.05, 0.1) is 6.07 Å². The van der Waals surface area contributed by atoms with Crippen molar-refractivity contribution in [2.24, 2.45) is 0 Å². The SMILES string of the molecule is CC(=O)N/C(=C\c1ccccc1)C(=O)OCC(=O)N(CC#N)c1ccccc1. The molecule has 0 fully saturated rings. The molecule has 2 aromatic rings. The van der Waals surface area contributed by atoms with Crippen LogP contribution in [-0.2, 0) is 19.1 Å². The molecule has 0 bridgehead atoms. The molecule has 7 heteroatoms. The van der Waals surface area contributed by atoms with Gasteiger partial charge in [0.2, 0.25) is 5.91 Å². The molecular formula is C21H19N3O4. The Morgan fingerprint density at radius 3 is 2.25 bits per heavy atom. The van der Waals surface area contributed by atoms with E-state index in [9.17, 15) is 14.4 Å². The summed E-state index contributed by atoms with van der Waals surface area (Å²) >= 11 is 0. The number of benzene rings is 2. The van der Waals surface area contributed by atoms with E-state index < -0.39 is 24.4 Å². The van der Waals surface area contributed by atoms with Gasteiger partial charge in [-0.3, -0.25) is 14.5 Å². The summed E-state index contributed by atoms with van der Waals surface area (Å²) in [5, 5.41) is 11.4. The number of carbonyl (C=O) groups is 3. The minimum absolute atomic E-state index is 0.0851. The molecule has 0 saturated heterocycles. The van der Waals surface area contributed by atoms with Crippen LogP contribution in [0.4, 0.5) is 5.69 Å². The predicted octanol–water partition coefficient (Wildman–Crippen LogP) is 2.26. The Morgan fingerprint density at radius 2 is 1.68 bits per heavy atom. The van der Waals surface area contributed by atoms with Crippen molar-refractivity contribution in [1.82, 2.24) is 5.32 Å². The van der Waals surface area contributed by atoms with E-state index in [-0.39, 0.29) is 12.2 Å². The third-order valence-corrected chi connectivity index (χ3v) is 3.57. The maximum atomic E-state index is 12.4. The molecule has 0 aromatic heterocycles. The van der Waals surface area contributed by atoms with Gasteiger partial charge in [0.1, 0.15) is 12.2 Å². The maximum absolute atomic E-state index is 12.4. The van der Waals surface area contributed by atoms with E-state index in [1.807, 2.05) is 12.1 Å². The number of nitrogens with one attached hydrogen (secondary N) is 1. The van der Waals surface area contributed by atoms with Gasteiger partial charge in [-0.15, -0.1) is 0 Å². The number of rotatable bonds is 7. The number of carbonyl (C=O) groups excluding carboxylic acids is 3. The average molecular weight is 377 g/mol. The second kappa shape index (κ2) is 10.3. The molecule has 0 spiro atoms. The van der Waals surface area contributed by atoms with Crippen molar-refractivity contribution in [3.05, 3.63) is 71.9 Å². The summed E-state index contributed by atoms with van der Waals surface area (Å²) in [7, 11) is 0. The highest BCUT2D eigenvalue weighted by Crippen LogP contribution is 2.13. The third-order valence-electron chi connectivity index (χ3n) is 3.57. The number of para-hydroxylation sites is 1. The van der Waals surface area contributed by atoms with Gasteiger partial charge >= 0.3 is 5.97 Å². The molecular weight excluding hydrogens is 358 g/mol. The van der Waals surface area contributed by atoms with Crippen LogP contribution >= 0.6 is 0 Å². The van der Waals surface area contributed by atoms with Gasteiger partial charge in [-0.1, -0.05) is 48.5 Å². The highest BCUT2D eigenvalue weighted by Gasteiger charge is 2.19. The molecule has 1 N–H and O–H groups in total. The van der Waals surface area contributed by atoms with Crippen LogP contribution in [0.2, 0.25) is 0 Å². The lowest BCUT2D eigenvalue weighted by atomic mass is 10.2. The molecule has 0 unspecified atom stereocenters. The van der Waals surface area contributed by atoms with Crippen LogP contribution in [0, 0.1) is 11.3 Å². The lowest BCUT2D eigenvalue weighted by molar-refractivity contribution is -0.144. The molecule has 0 aliphatic rings. The molecule has 2 aromatic carbocycles. The number of esters is 1. The molecule has 7 nitrogen and oxygen atoms in total. The first-order chi connectivity index (χ1) is 13.5. The van der Waals surface area contributed by atoms with Crippen LogP contribution in [0.5, 0.6) is 0 Å². The average Bonchev–Trinajstić information content (AvgIpc) is 2.70. The van der Waals surface area contributed by atoms with E-state index >= 15 is 0 Å². The number of anilines is 1. The Hall–Kier alpha value is -3.92. The molecule has 2 amide bonds. The summed E-state index contributed by atoms with van der Waals surface area (Å²) < 4.78 is 5.07. The third kappa shape index (κ3) is 6.11. The van der Waals surface area contributed by atoms with Crippen LogP contribution in [0.3, 0.4) is 0 Å². The molecule has 0 atom stereocenters. The van der Waals surface area contributed by atoms with Crippen molar-refractivity contribution in [2.45, 2.75) is 6.92 Å². The first-order valence-electron chi connectivity index (χ1n) is 8.45. The second-order valence-electron chi connectivity index (χ2n) is 5.70. The zero-order chi connectivity index (χ0) is 20.4. The number of hydrogen-bond acceptors (Lipinski definition) is 5. The van der Waals surface area contributed by atoms with Crippen molar-refractivity contribution in [3.8, 4) is 6.07 Å². The Bertz CT molecular complexity index is 902. The lowest BCUT2D eigenvalue weighted by Gasteiger charge is -2.19. The van der Waals surface area contributed by atoms with E-state index in [0.29, 0.717) is 11.3 Å². The van der Waals surface area contributed by atoms with Crippen molar-refractivity contribution >= 4 is 29.5 Å². The minimum Gasteiger partial charge on any atom is -0.451 e. The number of nitriles is 1. The van der Waals surface area contributed by atoms with Crippen molar-refractivity contribution in [1.29, 1.82) is 5.26 Å². The molecule has 142 valence electrons. The monoisotopic (exact) mass is 377 g/mol.